The second-order valence-electron chi connectivity index (χ2n) is 8.78. The predicted molar refractivity (Wildman–Crippen MR) is 128 cm³/mol. The Kier molecular flexibility index (Phi) is 7.47. The van der Waals surface area contributed by atoms with Crippen molar-refractivity contribution >= 4 is 17.9 Å². The average molecular weight is 491 g/mol. The lowest BCUT2D eigenvalue weighted by molar-refractivity contribution is -0.167. The van der Waals surface area contributed by atoms with Crippen molar-refractivity contribution in [2.45, 2.75) is 44.1 Å². The fourth-order valence-electron chi connectivity index (χ4n) is 3.92. The van der Waals surface area contributed by atoms with Crippen molar-refractivity contribution in [1.29, 1.82) is 0 Å². The van der Waals surface area contributed by atoms with Crippen LogP contribution in [0.1, 0.15) is 44.9 Å². The van der Waals surface area contributed by atoms with Gasteiger partial charge < -0.3 is 24.1 Å². The average Bonchev–Trinajstić information content (AvgIpc) is 3.20. The van der Waals surface area contributed by atoms with Crippen LogP contribution in [0.4, 0.5) is 0 Å². The number of aliphatic hydroxyl groups is 1. The molecule has 0 saturated carbocycles. The first-order valence-electron chi connectivity index (χ1n) is 11.4. The van der Waals surface area contributed by atoms with Crippen molar-refractivity contribution in [2.24, 2.45) is 0 Å². The first-order valence-corrected chi connectivity index (χ1v) is 11.4. The summed E-state index contributed by atoms with van der Waals surface area (Å²) in [5, 5.41) is 10.7. The standard InChI is InChI=1S/C28H26O8/c1-28(2,36-26(31)20-16-10-5-11-17-20)23-21(33-24(29)18-12-6-3-7-13-18)22(27(32)35-23)34-25(30)19-14-8-4-9-15-19/h3-17,21-23,27,32H,1-2H3/t21-,22+,23-,27?/m0/s1. The van der Waals surface area contributed by atoms with Crippen LogP contribution in [0.15, 0.2) is 91.0 Å². The minimum Gasteiger partial charge on any atom is -0.453 e. The van der Waals surface area contributed by atoms with E-state index >= 15 is 0 Å². The minimum absolute atomic E-state index is 0.246. The molecule has 0 aromatic heterocycles. The highest BCUT2D eigenvalue weighted by molar-refractivity contribution is 5.91. The molecular weight excluding hydrogens is 464 g/mol. The van der Waals surface area contributed by atoms with Crippen molar-refractivity contribution in [2.75, 3.05) is 0 Å². The van der Waals surface area contributed by atoms with Gasteiger partial charge in [0.2, 0.25) is 0 Å². The molecule has 0 spiro atoms. The number of rotatable bonds is 7. The molecule has 1 heterocycles. The first-order chi connectivity index (χ1) is 17.3. The maximum Gasteiger partial charge on any atom is 0.338 e. The molecule has 0 amide bonds. The highest BCUT2D eigenvalue weighted by Crippen LogP contribution is 2.35. The van der Waals surface area contributed by atoms with Crippen LogP contribution in [0.2, 0.25) is 0 Å². The van der Waals surface area contributed by atoms with Crippen LogP contribution in [0.5, 0.6) is 0 Å². The van der Waals surface area contributed by atoms with Crippen molar-refractivity contribution in [3.8, 4) is 0 Å². The van der Waals surface area contributed by atoms with E-state index in [-0.39, 0.29) is 11.1 Å². The summed E-state index contributed by atoms with van der Waals surface area (Å²) in [6.07, 6.45) is -5.43. The maximum atomic E-state index is 12.9. The third kappa shape index (κ3) is 5.62. The lowest BCUT2D eigenvalue weighted by Gasteiger charge is -2.34. The molecule has 0 bridgehead atoms. The SMILES string of the molecule is CC(C)(OC(=O)c1ccccc1)[C@H]1OC(O)[C@H](OC(=O)c2ccccc2)[C@@H]1OC(=O)c1ccccc1. The molecule has 186 valence electrons. The molecule has 1 fully saturated rings. The van der Waals surface area contributed by atoms with Crippen LogP contribution in [0.25, 0.3) is 0 Å². The van der Waals surface area contributed by atoms with E-state index in [9.17, 15) is 19.5 Å². The van der Waals surface area contributed by atoms with Gasteiger partial charge in [0.05, 0.1) is 16.7 Å². The quantitative estimate of drug-likeness (QED) is 0.394. The predicted octanol–water partition coefficient (Wildman–Crippen LogP) is 3.79. The summed E-state index contributed by atoms with van der Waals surface area (Å²) in [6, 6.07) is 24.8. The van der Waals surface area contributed by atoms with Crippen LogP contribution < -0.4 is 0 Å². The van der Waals surface area contributed by atoms with Gasteiger partial charge in [0.1, 0.15) is 11.7 Å². The van der Waals surface area contributed by atoms with Gasteiger partial charge in [-0.1, -0.05) is 54.6 Å². The van der Waals surface area contributed by atoms with Crippen LogP contribution in [-0.2, 0) is 18.9 Å². The molecule has 1 saturated heterocycles. The minimum atomic E-state index is -1.63. The highest BCUT2D eigenvalue weighted by atomic mass is 16.7. The number of esters is 3. The van der Waals surface area contributed by atoms with Crippen LogP contribution in [0, 0.1) is 0 Å². The zero-order chi connectivity index (χ0) is 25.7. The summed E-state index contributed by atoms with van der Waals surface area (Å²) in [5.74, 6) is -2.07. The van der Waals surface area contributed by atoms with Gasteiger partial charge >= 0.3 is 17.9 Å². The Hall–Kier alpha value is -4.01. The number of carbonyl (C=O) groups excluding carboxylic acids is 3. The Morgan fingerprint density at radius 1 is 0.667 bits per heavy atom. The maximum absolute atomic E-state index is 12.9. The monoisotopic (exact) mass is 490 g/mol. The summed E-state index contributed by atoms with van der Waals surface area (Å²) < 4.78 is 22.6. The van der Waals surface area contributed by atoms with Gasteiger partial charge in [-0.05, 0) is 50.2 Å². The van der Waals surface area contributed by atoms with E-state index in [1.807, 2.05) is 0 Å². The molecular formula is C28H26O8. The lowest BCUT2D eigenvalue weighted by atomic mass is 9.95. The molecule has 8 heteroatoms. The number of benzene rings is 3. The zero-order valence-electron chi connectivity index (χ0n) is 19.8. The molecule has 4 atom stereocenters. The Morgan fingerprint density at radius 3 is 1.50 bits per heavy atom. The van der Waals surface area contributed by atoms with E-state index < -0.39 is 48.1 Å². The molecule has 1 aliphatic heterocycles. The molecule has 4 rings (SSSR count). The third-order valence-corrected chi connectivity index (χ3v) is 5.74. The molecule has 0 radical (unpaired) electrons. The summed E-state index contributed by atoms with van der Waals surface area (Å²) in [5.41, 5.74) is -0.571. The summed E-state index contributed by atoms with van der Waals surface area (Å²) in [7, 11) is 0. The molecule has 1 N–H and O–H groups in total. The van der Waals surface area contributed by atoms with Crippen LogP contribution in [0.3, 0.4) is 0 Å². The van der Waals surface area contributed by atoms with Gasteiger partial charge in [0.15, 0.2) is 18.5 Å². The fourth-order valence-corrected chi connectivity index (χ4v) is 3.92. The van der Waals surface area contributed by atoms with Gasteiger partial charge in [-0.25, -0.2) is 14.4 Å². The number of ether oxygens (including phenoxy) is 4. The van der Waals surface area contributed by atoms with E-state index in [1.165, 1.54) is 0 Å². The van der Waals surface area contributed by atoms with E-state index in [4.69, 9.17) is 18.9 Å². The normalized spacial score (nSPS) is 21.4. The molecule has 3 aromatic rings. The molecule has 3 aromatic carbocycles. The van der Waals surface area contributed by atoms with Crippen LogP contribution in [-0.4, -0.2) is 53.2 Å². The third-order valence-electron chi connectivity index (χ3n) is 5.74. The molecule has 8 nitrogen and oxygen atoms in total. The molecule has 1 unspecified atom stereocenters. The first kappa shape index (κ1) is 25.1. The van der Waals surface area contributed by atoms with Gasteiger partial charge in [-0.3, -0.25) is 0 Å². The van der Waals surface area contributed by atoms with E-state index in [1.54, 1.807) is 105 Å². The van der Waals surface area contributed by atoms with Gasteiger partial charge in [-0.2, -0.15) is 0 Å². The Labute approximate surface area is 208 Å². The van der Waals surface area contributed by atoms with Crippen molar-refractivity contribution < 1.29 is 38.4 Å². The number of aliphatic hydroxyl groups excluding tert-OH is 1. The zero-order valence-corrected chi connectivity index (χ0v) is 19.8. The van der Waals surface area contributed by atoms with Crippen molar-refractivity contribution in [1.82, 2.24) is 0 Å². The largest absolute Gasteiger partial charge is 0.453 e. The van der Waals surface area contributed by atoms with E-state index in [0.29, 0.717) is 5.56 Å². The van der Waals surface area contributed by atoms with E-state index in [2.05, 4.69) is 0 Å². The topological polar surface area (TPSA) is 108 Å². The number of hydrogen-bond acceptors (Lipinski definition) is 8. The fraction of sp³-hybridized carbons (Fsp3) is 0.250. The van der Waals surface area contributed by atoms with Crippen molar-refractivity contribution in [3.63, 3.8) is 0 Å². The summed E-state index contributed by atoms with van der Waals surface area (Å²) in [4.78, 5) is 38.4. The molecule has 0 aliphatic carbocycles. The smallest absolute Gasteiger partial charge is 0.338 e. The van der Waals surface area contributed by atoms with E-state index in [0.717, 1.165) is 0 Å². The number of hydrogen-bond donors (Lipinski definition) is 1. The number of carbonyl (C=O) groups is 3. The summed E-state index contributed by atoms with van der Waals surface area (Å²) >= 11 is 0. The van der Waals surface area contributed by atoms with Crippen LogP contribution >= 0.6 is 0 Å². The van der Waals surface area contributed by atoms with Gasteiger partial charge in [0.25, 0.3) is 0 Å². The second-order valence-corrected chi connectivity index (χ2v) is 8.78. The Bertz CT molecular complexity index is 1190. The van der Waals surface area contributed by atoms with Gasteiger partial charge in [-0.15, -0.1) is 0 Å². The lowest BCUT2D eigenvalue weighted by Crippen LogP contribution is -2.50. The van der Waals surface area contributed by atoms with Crippen molar-refractivity contribution in [3.05, 3.63) is 108 Å². The summed E-state index contributed by atoms with van der Waals surface area (Å²) in [6.45, 7) is 3.13. The second kappa shape index (κ2) is 10.7. The van der Waals surface area contributed by atoms with Gasteiger partial charge in [0, 0.05) is 0 Å². The molecule has 1 aliphatic rings. The Morgan fingerprint density at radius 2 is 1.06 bits per heavy atom. The Balaban J connectivity index is 1.60. The highest BCUT2D eigenvalue weighted by Gasteiger charge is 2.56. The molecule has 36 heavy (non-hydrogen) atoms.